The van der Waals surface area contributed by atoms with Gasteiger partial charge in [-0.05, 0) is 13.1 Å². The van der Waals surface area contributed by atoms with Crippen LogP contribution in [0.4, 0.5) is 5.69 Å². The number of carboxylic acids is 1. The summed E-state index contributed by atoms with van der Waals surface area (Å²) in [5, 5.41) is 22.4. The van der Waals surface area contributed by atoms with Gasteiger partial charge >= 0.3 is 5.97 Å². The van der Waals surface area contributed by atoms with Gasteiger partial charge in [0, 0.05) is 6.07 Å². The minimum atomic E-state index is -1.23. The Morgan fingerprint density at radius 2 is 2.29 bits per heavy atom. The van der Waals surface area contributed by atoms with Gasteiger partial charge in [-0.3, -0.25) is 10.1 Å². The Morgan fingerprint density at radius 1 is 1.59 bits per heavy atom. The zero-order valence-corrected chi connectivity index (χ0v) is 9.06. The van der Waals surface area contributed by atoms with Gasteiger partial charge in [-0.1, -0.05) is 17.9 Å². The molecular weight excluding hydrogens is 224 g/mol. The van der Waals surface area contributed by atoms with Crippen molar-refractivity contribution in [3.8, 4) is 11.8 Å². The van der Waals surface area contributed by atoms with Crippen LogP contribution in [0.25, 0.3) is 0 Å². The number of nitrogens with zero attached hydrogens (tertiary/aromatic N) is 1. The zero-order chi connectivity index (χ0) is 12.8. The van der Waals surface area contributed by atoms with Gasteiger partial charge in [0.15, 0.2) is 0 Å². The molecule has 0 heterocycles. The Kier molecular flexibility index (Phi) is 4.20. The topological polar surface area (TPSA) is 92.5 Å². The molecule has 0 aliphatic carbocycles. The third-order valence-electron chi connectivity index (χ3n) is 1.95. The van der Waals surface area contributed by atoms with Crippen molar-refractivity contribution < 1.29 is 14.8 Å². The minimum absolute atomic E-state index is 0.0692. The molecule has 0 radical (unpaired) electrons. The maximum atomic E-state index is 10.9. The minimum Gasteiger partial charge on any atom is -0.478 e. The summed E-state index contributed by atoms with van der Waals surface area (Å²) in [6.07, 6.45) is 0. The number of hydrogen-bond acceptors (Lipinski definition) is 4. The van der Waals surface area contributed by atoms with E-state index in [0.717, 1.165) is 0 Å². The molecule has 1 aromatic carbocycles. The summed E-state index contributed by atoms with van der Waals surface area (Å²) < 4.78 is 0. The summed E-state index contributed by atoms with van der Waals surface area (Å²) in [4.78, 5) is 21.0. The molecule has 0 saturated heterocycles. The van der Waals surface area contributed by atoms with Crippen LogP contribution in [0.15, 0.2) is 18.2 Å². The molecule has 0 aliphatic rings. The number of carboxylic acid groups (broad SMARTS) is 1. The summed E-state index contributed by atoms with van der Waals surface area (Å²) in [6, 6.07) is 3.85. The molecule has 0 atom stereocenters. The quantitative estimate of drug-likeness (QED) is 0.459. The maximum absolute atomic E-state index is 10.9. The lowest BCUT2D eigenvalue weighted by atomic mass is 10.1. The van der Waals surface area contributed by atoms with E-state index in [1.54, 1.807) is 7.05 Å². The molecule has 88 valence electrons. The molecule has 1 rings (SSSR count). The molecule has 0 spiro atoms. The van der Waals surface area contributed by atoms with Crippen molar-refractivity contribution in [1.29, 1.82) is 0 Å². The summed E-state index contributed by atoms with van der Waals surface area (Å²) in [6.45, 7) is 0.325. The molecule has 0 unspecified atom stereocenters. The number of aromatic carboxylic acids is 1. The molecule has 0 amide bonds. The first kappa shape index (κ1) is 12.7. The number of nitrogens with one attached hydrogen (secondary N) is 1. The van der Waals surface area contributed by atoms with Gasteiger partial charge < -0.3 is 10.4 Å². The van der Waals surface area contributed by atoms with Crippen LogP contribution >= 0.6 is 0 Å². The SMILES string of the molecule is CNCC#Cc1c(C(=O)O)cccc1[N+](=O)[O-]. The Bertz CT molecular complexity index is 482. The van der Waals surface area contributed by atoms with Crippen molar-refractivity contribution in [3.05, 3.63) is 39.4 Å². The van der Waals surface area contributed by atoms with Crippen LogP contribution in [-0.4, -0.2) is 29.6 Å². The van der Waals surface area contributed by atoms with E-state index in [1.165, 1.54) is 18.2 Å². The van der Waals surface area contributed by atoms with Crippen molar-refractivity contribution in [1.82, 2.24) is 5.32 Å². The Hall–Kier alpha value is -2.39. The largest absolute Gasteiger partial charge is 0.478 e. The number of carbonyl (C=O) groups is 1. The highest BCUT2D eigenvalue weighted by molar-refractivity contribution is 5.92. The van der Waals surface area contributed by atoms with E-state index in [-0.39, 0.29) is 16.8 Å². The lowest BCUT2D eigenvalue weighted by Crippen LogP contribution is -2.06. The molecule has 0 aliphatic heterocycles. The molecule has 2 N–H and O–H groups in total. The van der Waals surface area contributed by atoms with Crippen LogP contribution in [0.5, 0.6) is 0 Å². The highest BCUT2D eigenvalue weighted by Gasteiger charge is 2.19. The Balaban J connectivity index is 3.35. The van der Waals surface area contributed by atoms with Crippen LogP contribution < -0.4 is 5.32 Å². The van der Waals surface area contributed by atoms with Gasteiger partial charge in [0.2, 0.25) is 0 Å². The molecule has 6 nitrogen and oxygen atoms in total. The predicted molar refractivity (Wildman–Crippen MR) is 60.9 cm³/mol. The normalized spacial score (nSPS) is 9.24. The van der Waals surface area contributed by atoms with Crippen LogP contribution in [-0.2, 0) is 0 Å². The fourth-order valence-corrected chi connectivity index (χ4v) is 1.22. The van der Waals surface area contributed by atoms with Crippen LogP contribution in [0.1, 0.15) is 15.9 Å². The van der Waals surface area contributed by atoms with Crippen molar-refractivity contribution in [2.45, 2.75) is 0 Å². The van der Waals surface area contributed by atoms with Gasteiger partial charge in [-0.2, -0.15) is 0 Å². The van der Waals surface area contributed by atoms with Gasteiger partial charge in [0.1, 0.15) is 5.56 Å². The lowest BCUT2D eigenvalue weighted by Gasteiger charge is -2.00. The highest BCUT2D eigenvalue weighted by Crippen LogP contribution is 2.21. The first-order chi connectivity index (χ1) is 8.07. The van der Waals surface area contributed by atoms with Crippen molar-refractivity contribution in [2.75, 3.05) is 13.6 Å². The van der Waals surface area contributed by atoms with Crippen LogP contribution in [0.3, 0.4) is 0 Å². The first-order valence-corrected chi connectivity index (χ1v) is 4.72. The summed E-state index contributed by atoms with van der Waals surface area (Å²) in [5.41, 5.74) is -0.531. The lowest BCUT2D eigenvalue weighted by molar-refractivity contribution is -0.385. The van der Waals surface area contributed by atoms with Crippen LogP contribution in [0.2, 0.25) is 0 Å². The van der Waals surface area contributed by atoms with Gasteiger partial charge in [0.25, 0.3) is 5.69 Å². The second kappa shape index (κ2) is 5.63. The van der Waals surface area contributed by atoms with E-state index in [4.69, 9.17) is 5.11 Å². The van der Waals surface area contributed by atoms with E-state index in [1.807, 2.05) is 0 Å². The maximum Gasteiger partial charge on any atom is 0.337 e. The van der Waals surface area contributed by atoms with Crippen molar-refractivity contribution in [2.24, 2.45) is 0 Å². The van der Waals surface area contributed by atoms with E-state index in [9.17, 15) is 14.9 Å². The smallest absolute Gasteiger partial charge is 0.337 e. The third-order valence-corrected chi connectivity index (χ3v) is 1.95. The summed E-state index contributed by atoms with van der Waals surface area (Å²) >= 11 is 0. The number of hydrogen-bond donors (Lipinski definition) is 2. The molecule has 1 aromatic rings. The molecule has 0 aromatic heterocycles. The first-order valence-electron chi connectivity index (χ1n) is 4.72. The third kappa shape index (κ3) is 3.03. The summed E-state index contributed by atoms with van der Waals surface area (Å²) in [7, 11) is 1.67. The number of benzene rings is 1. The fourth-order valence-electron chi connectivity index (χ4n) is 1.22. The monoisotopic (exact) mass is 234 g/mol. The standard InChI is InChI=1S/C11H10N2O4/c1-12-7-3-5-8-9(11(14)15)4-2-6-10(8)13(16)17/h2,4,6,12H,7H2,1H3,(H,14,15). The Labute approximate surface area is 97.4 Å². The molecular formula is C11H10N2O4. The molecule has 0 saturated carbocycles. The second-order valence-electron chi connectivity index (χ2n) is 3.09. The molecule has 0 bridgehead atoms. The molecule has 17 heavy (non-hydrogen) atoms. The number of nitro benzene ring substituents is 1. The predicted octanol–water partition coefficient (Wildman–Crippen LogP) is 0.864. The van der Waals surface area contributed by atoms with E-state index in [0.29, 0.717) is 6.54 Å². The van der Waals surface area contributed by atoms with E-state index < -0.39 is 10.9 Å². The Morgan fingerprint density at radius 3 is 2.82 bits per heavy atom. The fraction of sp³-hybridized carbons (Fsp3) is 0.182. The number of nitro groups is 1. The average molecular weight is 234 g/mol. The van der Waals surface area contributed by atoms with E-state index in [2.05, 4.69) is 17.2 Å². The van der Waals surface area contributed by atoms with Crippen molar-refractivity contribution in [3.63, 3.8) is 0 Å². The van der Waals surface area contributed by atoms with Crippen LogP contribution in [0, 0.1) is 22.0 Å². The zero-order valence-electron chi connectivity index (χ0n) is 9.06. The highest BCUT2D eigenvalue weighted by atomic mass is 16.6. The molecule has 0 fully saturated rings. The molecule has 6 heteroatoms. The van der Waals surface area contributed by atoms with Gasteiger partial charge in [-0.15, -0.1) is 0 Å². The van der Waals surface area contributed by atoms with Gasteiger partial charge in [0.05, 0.1) is 17.0 Å². The van der Waals surface area contributed by atoms with Gasteiger partial charge in [-0.25, -0.2) is 4.79 Å². The second-order valence-corrected chi connectivity index (χ2v) is 3.09. The number of rotatable bonds is 3. The summed E-state index contributed by atoms with van der Waals surface area (Å²) in [5.74, 6) is 3.89. The average Bonchev–Trinajstić information content (AvgIpc) is 2.28. The van der Waals surface area contributed by atoms with Crippen molar-refractivity contribution >= 4 is 11.7 Å². The van der Waals surface area contributed by atoms with E-state index >= 15 is 0 Å².